The SMILES string of the molecule is C[C@@H]1CN(Cc2ccccc2)c2nc3c(c(=O)n(Cc4cccc5ccccc45)c(=O)n3C)n2C1. The fourth-order valence-corrected chi connectivity index (χ4v) is 5.28. The van der Waals surface area contributed by atoms with Crippen LogP contribution in [0, 0.1) is 5.92 Å². The predicted octanol–water partition coefficient (Wildman–Crippen LogP) is 3.75. The quantitative estimate of drug-likeness (QED) is 0.406. The van der Waals surface area contributed by atoms with E-state index < -0.39 is 0 Å². The normalized spacial score (nSPS) is 15.6. The summed E-state index contributed by atoms with van der Waals surface area (Å²) in [5.74, 6) is 1.09. The van der Waals surface area contributed by atoms with E-state index in [2.05, 4.69) is 24.0 Å². The molecule has 0 bridgehead atoms. The summed E-state index contributed by atoms with van der Waals surface area (Å²) in [6.07, 6.45) is 0. The van der Waals surface area contributed by atoms with Gasteiger partial charge in [-0.1, -0.05) is 79.7 Å². The minimum Gasteiger partial charge on any atom is -0.338 e. The largest absolute Gasteiger partial charge is 0.338 e. The van der Waals surface area contributed by atoms with Crippen molar-refractivity contribution in [3.63, 3.8) is 0 Å². The number of rotatable bonds is 4. The molecule has 2 aromatic heterocycles. The minimum absolute atomic E-state index is 0.215. The number of nitrogens with zero attached hydrogens (tertiary/aromatic N) is 5. The molecule has 35 heavy (non-hydrogen) atoms. The number of benzene rings is 3. The summed E-state index contributed by atoms with van der Waals surface area (Å²) in [7, 11) is 1.70. The lowest BCUT2D eigenvalue weighted by molar-refractivity contribution is 0.435. The molecule has 176 valence electrons. The Hall–Kier alpha value is -4.13. The van der Waals surface area contributed by atoms with E-state index in [-0.39, 0.29) is 17.8 Å². The fraction of sp³-hybridized carbons (Fsp3) is 0.250. The molecule has 0 amide bonds. The third-order valence-electron chi connectivity index (χ3n) is 6.95. The second-order valence-electron chi connectivity index (χ2n) is 9.54. The van der Waals surface area contributed by atoms with Gasteiger partial charge in [0.15, 0.2) is 11.2 Å². The highest BCUT2D eigenvalue weighted by Gasteiger charge is 2.29. The van der Waals surface area contributed by atoms with Crippen molar-refractivity contribution in [3.05, 3.63) is 105 Å². The molecule has 1 atom stereocenters. The van der Waals surface area contributed by atoms with Gasteiger partial charge in [0.05, 0.1) is 6.54 Å². The molecule has 0 N–H and O–H groups in total. The summed E-state index contributed by atoms with van der Waals surface area (Å²) >= 11 is 0. The summed E-state index contributed by atoms with van der Waals surface area (Å²) in [6, 6.07) is 24.3. The lowest BCUT2D eigenvalue weighted by Gasteiger charge is -2.33. The zero-order valence-corrected chi connectivity index (χ0v) is 19.9. The van der Waals surface area contributed by atoms with E-state index in [1.54, 1.807) is 7.05 Å². The van der Waals surface area contributed by atoms with Crippen molar-refractivity contribution in [2.75, 3.05) is 11.4 Å². The van der Waals surface area contributed by atoms with E-state index in [0.717, 1.165) is 28.8 Å². The van der Waals surface area contributed by atoms with Crippen LogP contribution in [0.2, 0.25) is 0 Å². The number of hydrogen-bond acceptors (Lipinski definition) is 4. The number of imidazole rings is 1. The molecular weight excluding hydrogens is 438 g/mol. The van der Waals surface area contributed by atoms with Gasteiger partial charge >= 0.3 is 5.69 Å². The maximum atomic E-state index is 13.8. The Morgan fingerprint density at radius 2 is 1.63 bits per heavy atom. The number of aryl methyl sites for hydroxylation is 1. The van der Waals surface area contributed by atoms with Gasteiger partial charge in [0.2, 0.25) is 5.95 Å². The van der Waals surface area contributed by atoms with Crippen LogP contribution in [0.4, 0.5) is 5.95 Å². The van der Waals surface area contributed by atoms with E-state index in [0.29, 0.717) is 30.2 Å². The average Bonchev–Trinajstić information content (AvgIpc) is 3.26. The zero-order valence-electron chi connectivity index (χ0n) is 19.9. The lowest BCUT2D eigenvalue weighted by Crippen LogP contribution is -2.41. The molecule has 0 saturated carbocycles. The molecule has 7 heteroatoms. The van der Waals surface area contributed by atoms with Gasteiger partial charge < -0.3 is 9.47 Å². The van der Waals surface area contributed by atoms with Crippen LogP contribution in [0.15, 0.2) is 82.4 Å². The van der Waals surface area contributed by atoms with Gasteiger partial charge in [0.25, 0.3) is 5.56 Å². The molecule has 1 aliphatic heterocycles. The van der Waals surface area contributed by atoms with Crippen LogP contribution >= 0.6 is 0 Å². The number of fused-ring (bicyclic) bond motifs is 4. The summed E-state index contributed by atoms with van der Waals surface area (Å²) in [5, 5.41) is 2.13. The molecule has 7 nitrogen and oxygen atoms in total. The molecule has 0 saturated heterocycles. The molecular formula is C28H27N5O2. The van der Waals surface area contributed by atoms with Crippen LogP contribution in [-0.4, -0.2) is 25.2 Å². The first kappa shape index (κ1) is 21.4. The van der Waals surface area contributed by atoms with Crippen LogP contribution in [-0.2, 0) is 26.7 Å². The minimum atomic E-state index is -0.353. The molecule has 0 aliphatic carbocycles. The Morgan fingerprint density at radius 3 is 2.46 bits per heavy atom. The first-order valence-electron chi connectivity index (χ1n) is 12.0. The van der Waals surface area contributed by atoms with Crippen molar-refractivity contribution in [2.45, 2.75) is 26.6 Å². The van der Waals surface area contributed by atoms with Gasteiger partial charge in [-0.3, -0.25) is 13.9 Å². The fourth-order valence-electron chi connectivity index (χ4n) is 5.28. The average molecular weight is 466 g/mol. The molecule has 0 unspecified atom stereocenters. The second kappa shape index (κ2) is 8.27. The van der Waals surface area contributed by atoms with E-state index in [9.17, 15) is 9.59 Å². The van der Waals surface area contributed by atoms with E-state index in [4.69, 9.17) is 4.98 Å². The van der Waals surface area contributed by atoms with Crippen molar-refractivity contribution in [1.29, 1.82) is 0 Å². The molecule has 5 aromatic rings. The van der Waals surface area contributed by atoms with Crippen LogP contribution in [0.5, 0.6) is 0 Å². The first-order valence-corrected chi connectivity index (χ1v) is 12.0. The molecule has 0 spiro atoms. The van der Waals surface area contributed by atoms with E-state index >= 15 is 0 Å². The molecule has 3 aromatic carbocycles. The Labute approximate surface area is 202 Å². The third-order valence-corrected chi connectivity index (χ3v) is 6.95. The van der Waals surface area contributed by atoms with E-state index in [1.165, 1.54) is 14.7 Å². The van der Waals surface area contributed by atoms with Gasteiger partial charge in [-0.15, -0.1) is 0 Å². The van der Waals surface area contributed by atoms with Crippen molar-refractivity contribution >= 4 is 27.9 Å². The Kier molecular flexibility index (Phi) is 5.06. The van der Waals surface area contributed by atoms with Crippen molar-refractivity contribution in [3.8, 4) is 0 Å². The van der Waals surface area contributed by atoms with Crippen LogP contribution in [0.1, 0.15) is 18.1 Å². The molecule has 1 aliphatic rings. The second-order valence-corrected chi connectivity index (χ2v) is 9.54. The first-order chi connectivity index (χ1) is 17.0. The van der Waals surface area contributed by atoms with Crippen LogP contribution in [0.3, 0.4) is 0 Å². The van der Waals surface area contributed by atoms with Crippen LogP contribution < -0.4 is 16.1 Å². The Balaban J connectivity index is 1.51. The van der Waals surface area contributed by atoms with Crippen molar-refractivity contribution < 1.29 is 0 Å². The topological polar surface area (TPSA) is 65.1 Å². The van der Waals surface area contributed by atoms with Crippen molar-refractivity contribution in [1.82, 2.24) is 18.7 Å². The highest BCUT2D eigenvalue weighted by molar-refractivity contribution is 5.85. The highest BCUT2D eigenvalue weighted by atomic mass is 16.2. The maximum Gasteiger partial charge on any atom is 0.332 e. The molecule has 0 radical (unpaired) electrons. The standard InChI is InChI=1S/C28H27N5O2/c1-19-15-31(17-20-9-4-3-5-10-20)27-29-25-24(32(27)16-19)26(34)33(28(35)30(25)2)18-22-13-8-12-21-11-6-7-14-23(21)22/h3-14,19H,15-18H2,1-2H3/t19-/m1/s1. The van der Waals surface area contributed by atoms with Gasteiger partial charge in [-0.25, -0.2) is 4.79 Å². The van der Waals surface area contributed by atoms with Crippen molar-refractivity contribution in [2.24, 2.45) is 13.0 Å². The number of aromatic nitrogens is 4. The summed E-state index contributed by atoms with van der Waals surface area (Å²) in [4.78, 5) is 34.2. The summed E-state index contributed by atoms with van der Waals surface area (Å²) in [6.45, 7) is 4.64. The van der Waals surface area contributed by atoms with Gasteiger partial charge in [-0.2, -0.15) is 4.98 Å². The van der Waals surface area contributed by atoms with Gasteiger partial charge in [-0.05, 0) is 27.8 Å². The third kappa shape index (κ3) is 3.55. The predicted molar refractivity (Wildman–Crippen MR) is 139 cm³/mol. The summed E-state index contributed by atoms with van der Waals surface area (Å²) < 4.78 is 4.87. The Bertz CT molecular complexity index is 1670. The molecule has 0 fully saturated rings. The van der Waals surface area contributed by atoms with Crippen LogP contribution in [0.25, 0.3) is 21.9 Å². The number of hydrogen-bond donors (Lipinski definition) is 0. The van der Waals surface area contributed by atoms with Gasteiger partial charge in [0, 0.05) is 26.7 Å². The summed E-state index contributed by atoms with van der Waals surface area (Å²) in [5.41, 5.74) is 2.42. The Morgan fingerprint density at radius 1 is 0.886 bits per heavy atom. The maximum absolute atomic E-state index is 13.8. The smallest absolute Gasteiger partial charge is 0.332 e. The highest BCUT2D eigenvalue weighted by Crippen LogP contribution is 2.28. The number of anilines is 1. The zero-order chi connectivity index (χ0) is 24.1. The van der Waals surface area contributed by atoms with Gasteiger partial charge in [0.1, 0.15) is 0 Å². The van der Waals surface area contributed by atoms with E-state index in [1.807, 2.05) is 65.2 Å². The lowest BCUT2D eigenvalue weighted by atomic mass is 10.0. The monoisotopic (exact) mass is 465 g/mol. The molecule has 3 heterocycles. The molecule has 6 rings (SSSR count).